The van der Waals surface area contributed by atoms with Crippen LogP contribution in [0.1, 0.15) is 20.3 Å². The van der Waals surface area contributed by atoms with E-state index in [1.54, 1.807) is 0 Å². The second-order valence-electron chi connectivity index (χ2n) is 4.44. The second-order valence-corrected chi connectivity index (χ2v) is 4.44. The molecule has 0 aromatic carbocycles. The van der Waals surface area contributed by atoms with Crippen LogP contribution in [-0.2, 0) is 4.74 Å². The van der Waals surface area contributed by atoms with E-state index < -0.39 is 0 Å². The third kappa shape index (κ3) is 3.95. The zero-order valence-corrected chi connectivity index (χ0v) is 9.54. The summed E-state index contributed by atoms with van der Waals surface area (Å²) in [6.45, 7) is 10.4. The Hall–Kier alpha value is -0.120. The summed E-state index contributed by atoms with van der Waals surface area (Å²) in [6, 6.07) is 0. The maximum absolute atomic E-state index is 5.38. The largest absolute Gasteiger partial charge is 0.379 e. The maximum atomic E-state index is 5.38. The first-order chi connectivity index (χ1) is 6.74. The van der Waals surface area contributed by atoms with Gasteiger partial charge in [0.2, 0.25) is 0 Å². The van der Waals surface area contributed by atoms with E-state index in [1.165, 1.54) is 19.5 Å². The molecule has 2 N–H and O–H groups in total. The molecule has 1 aliphatic rings. The highest BCUT2D eigenvalue weighted by atomic mass is 16.5. The molecule has 0 amide bonds. The first-order valence-corrected chi connectivity index (χ1v) is 5.74. The van der Waals surface area contributed by atoms with Gasteiger partial charge in [0.1, 0.15) is 0 Å². The summed E-state index contributed by atoms with van der Waals surface area (Å²) in [4.78, 5) is 2.50. The van der Waals surface area contributed by atoms with E-state index in [0.29, 0.717) is 13.2 Å². The van der Waals surface area contributed by atoms with Gasteiger partial charge in [0.25, 0.3) is 0 Å². The molecular formula is C11H24N2O. The molecule has 1 aliphatic heterocycles. The Labute approximate surface area is 87.6 Å². The topological polar surface area (TPSA) is 38.5 Å². The van der Waals surface area contributed by atoms with Crippen molar-refractivity contribution in [3.8, 4) is 0 Å². The highest BCUT2D eigenvalue weighted by molar-refractivity contribution is 4.74. The van der Waals surface area contributed by atoms with Gasteiger partial charge in [-0.05, 0) is 24.8 Å². The summed E-state index contributed by atoms with van der Waals surface area (Å²) < 4.78 is 5.38. The van der Waals surface area contributed by atoms with Crippen LogP contribution in [0.5, 0.6) is 0 Å². The molecule has 1 heterocycles. The van der Waals surface area contributed by atoms with Crippen molar-refractivity contribution in [3.05, 3.63) is 0 Å². The average molecular weight is 200 g/mol. The van der Waals surface area contributed by atoms with Crippen molar-refractivity contribution >= 4 is 0 Å². The number of hydrogen-bond donors (Lipinski definition) is 1. The normalized spacial score (nSPS) is 29.4. The van der Waals surface area contributed by atoms with Crippen LogP contribution in [0.2, 0.25) is 0 Å². The lowest BCUT2D eigenvalue weighted by Gasteiger charge is -2.35. The molecule has 2 atom stereocenters. The standard InChI is InChI=1S/C11H24N2O/c1-10-3-5-13(9-11(10)2)6-8-14-7-4-12/h10-11H,3-9,12H2,1-2H3. The average Bonchev–Trinajstić information content (AvgIpc) is 2.18. The van der Waals surface area contributed by atoms with Gasteiger partial charge < -0.3 is 15.4 Å². The Bertz CT molecular complexity index is 152. The lowest BCUT2D eigenvalue weighted by Crippen LogP contribution is -2.40. The molecule has 2 unspecified atom stereocenters. The first kappa shape index (κ1) is 12.0. The van der Waals surface area contributed by atoms with Crippen LogP contribution >= 0.6 is 0 Å². The molecule has 0 bridgehead atoms. The van der Waals surface area contributed by atoms with E-state index in [0.717, 1.165) is 25.0 Å². The number of ether oxygens (including phenoxy) is 1. The molecular weight excluding hydrogens is 176 g/mol. The fraction of sp³-hybridized carbons (Fsp3) is 1.00. The summed E-state index contributed by atoms with van der Waals surface area (Å²) in [5.41, 5.74) is 5.35. The number of hydrogen-bond acceptors (Lipinski definition) is 3. The predicted molar refractivity (Wildman–Crippen MR) is 59.3 cm³/mol. The Morgan fingerprint density at radius 2 is 2.07 bits per heavy atom. The van der Waals surface area contributed by atoms with Gasteiger partial charge in [0, 0.05) is 19.6 Å². The van der Waals surface area contributed by atoms with Gasteiger partial charge in [0.05, 0.1) is 13.2 Å². The summed E-state index contributed by atoms with van der Waals surface area (Å²) in [5, 5.41) is 0. The van der Waals surface area contributed by atoms with Crippen molar-refractivity contribution in [2.45, 2.75) is 20.3 Å². The van der Waals surface area contributed by atoms with Crippen LogP contribution in [0, 0.1) is 11.8 Å². The third-order valence-corrected chi connectivity index (χ3v) is 3.23. The fourth-order valence-corrected chi connectivity index (χ4v) is 1.93. The van der Waals surface area contributed by atoms with Crippen molar-refractivity contribution in [2.24, 2.45) is 17.6 Å². The zero-order chi connectivity index (χ0) is 10.4. The Balaban J connectivity index is 2.07. The molecule has 0 aliphatic carbocycles. The smallest absolute Gasteiger partial charge is 0.0594 e. The van der Waals surface area contributed by atoms with Gasteiger partial charge in [-0.25, -0.2) is 0 Å². The molecule has 1 rings (SSSR count). The zero-order valence-electron chi connectivity index (χ0n) is 9.54. The number of piperidine rings is 1. The van der Waals surface area contributed by atoms with E-state index in [2.05, 4.69) is 18.7 Å². The summed E-state index contributed by atoms with van der Waals surface area (Å²) in [5.74, 6) is 1.72. The lowest BCUT2D eigenvalue weighted by atomic mass is 9.89. The SMILES string of the molecule is CC1CCN(CCOCCN)CC1C. The molecule has 0 aromatic rings. The third-order valence-electron chi connectivity index (χ3n) is 3.23. The Morgan fingerprint density at radius 3 is 2.71 bits per heavy atom. The molecule has 14 heavy (non-hydrogen) atoms. The molecule has 1 saturated heterocycles. The number of nitrogens with two attached hydrogens (primary N) is 1. The Morgan fingerprint density at radius 1 is 1.29 bits per heavy atom. The van der Waals surface area contributed by atoms with Gasteiger partial charge in [-0.3, -0.25) is 0 Å². The maximum Gasteiger partial charge on any atom is 0.0594 e. The highest BCUT2D eigenvalue weighted by Gasteiger charge is 2.21. The molecule has 3 nitrogen and oxygen atoms in total. The molecule has 0 aromatic heterocycles. The minimum atomic E-state index is 0.632. The first-order valence-electron chi connectivity index (χ1n) is 5.74. The number of nitrogens with zero attached hydrogens (tertiary/aromatic N) is 1. The molecule has 84 valence electrons. The van der Waals surface area contributed by atoms with Crippen LogP contribution in [0.25, 0.3) is 0 Å². The van der Waals surface area contributed by atoms with E-state index in [-0.39, 0.29) is 0 Å². The minimum Gasteiger partial charge on any atom is -0.379 e. The molecule has 1 fully saturated rings. The van der Waals surface area contributed by atoms with Gasteiger partial charge in [-0.15, -0.1) is 0 Å². The van der Waals surface area contributed by atoms with Crippen molar-refractivity contribution in [1.29, 1.82) is 0 Å². The second kappa shape index (κ2) is 6.38. The van der Waals surface area contributed by atoms with Crippen LogP contribution in [0.4, 0.5) is 0 Å². The molecule has 0 spiro atoms. The molecule has 3 heteroatoms. The van der Waals surface area contributed by atoms with Crippen LogP contribution in [0.15, 0.2) is 0 Å². The quantitative estimate of drug-likeness (QED) is 0.671. The number of likely N-dealkylation sites (tertiary alicyclic amines) is 1. The van der Waals surface area contributed by atoms with E-state index >= 15 is 0 Å². The van der Waals surface area contributed by atoms with Crippen molar-refractivity contribution in [2.75, 3.05) is 39.4 Å². The summed E-state index contributed by atoms with van der Waals surface area (Å²) in [7, 11) is 0. The van der Waals surface area contributed by atoms with Crippen LogP contribution in [0.3, 0.4) is 0 Å². The monoisotopic (exact) mass is 200 g/mol. The van der Waals surface area contributed by atoms with Gasteiger partial charge >= 0.3 is 0 Å². The predicted octanol–water partition coefficient (Wildman–Crippen LogP) is 0.940. The van der Waals surface area contributed by atoms with Crippen molar-refractivity contribution < 1.29 is 4.74 Å². The van der Waals surface area contributed by atoms with E-state index in [9.17, 15) is 0 Å². The lowest BCUT2D eigenvalue weighted by molar-refractivity contribution is 0.0773. The minimum absolute atomic E-state index is 0.632. The summed E-state index contributed by atoms with van der Waals surface area (Å²) >= 11 is 0. The van der Waals surface area contributed by atoms with Crippen molar-refractivity contribution in [1.82, 2.24) is 4.90 Å². The van der Waals surface area contributed by atoms with Crippen LogP contribution in [-0.4, -0.2) is 44.3 Å². The fourth-order valence-electron chi connectivity index (χ4n) is 1.93. The highest BCUT2D eigenvalue weighted by Crippen LogP contribution is 2.21. The van der Waals surface area contributed by atoms with E-state index in [1.807, 2.05) is 0 Å². The Kier molecular flexibility index (Phi) is 5.45. The van der Waals surface area contributed by atoms with Crippen molar-refractivity contribution in [3.63, 3.8) is 0 Å². The van der Waals surface area contributed by atoms with Gasteiger partial charge in [0.15, 0.2) is 0 Å². The molecule has 0 radical (unpaired) electrons. The van der Waals surface area contributed by atoms with Gasteiger partial charge in [-0.1, -0.05) is 13.8 Å². The van der Waals surface area contributed by atoms with Gasteiger partial charge in [-0.2, -0.15) is 0 Å². The summed E-state index contributed by atoms with van der Waals surface area (Å²) in [6.07, 6.45) is 1.33. The van der Waals surface area contributed by atoms with Crippen LogP contribution < -0.4 is 5.73 Å². The number of rotatable bonds is 5. The van der Waals surface area contributed by atoms with E-state index in [4.69, 9.17) is 10.5 Å². The molecule has 0 saturated carbocycles.